The Labute approximate surface area is 146 Å². The summed E-state index contributed by atoms with van der Waals surface area (Å²) in [6, 6.07) is 22.1. The highest BCUT2D eigenvalue weighted by atomic mass is 32.2. The van der Waals surface area contributed by atoms with Gasteiger partial charge in [0.2, 0.25) is 0 Å². The number of nitrogens with two attached hydrogens (primary N) is 1. The van der Waals surface area contributed by atoms with E-state index >= 15 is 0 Å². The van der Waals surface area contributed by atoms with Gasteiger partial charge >= 0.3 is 6.18 Å². The summed E-state index contributed by atoms with van der Waals surface area (Å²) in [6.45, 7) is 0. The third kappa shape index (κ3) is 4.09. The molecule has 25 heavy (non-hydrogen) atoms. The van der Waals surface area contributed by atoms with Gasteiger partial charge in [-0.2, -0.15) is 13.2 Å². The van der Waals surface area contributed by atoms with E-state index < -0.39 is 22.9 Å². The molecule has 0 aliphatic heterocycles. The van der Waals surface area contributed by atoms with Crippen molar-refractivity contribution in [3.63, 3.8) is 0 Å². The van der Waals surface area contributed by atoms with Crippen molar-refractivity contribution in [1.29, 1.82) is 0 Å². The monoisotopic (exact) mass is 363 g/mol. The molecule has 0 amide bonds. The van der Waals surface area contributed by atoms with Crippen molar-refractivity contribution in [3.05, 3.63) is 84.4 Å². The number of rotatable bonds is 4. The summed E-state index contributed by atoms with van der Waals surface area (Å²) in [5, 5.41) is 0. The molecule has 3 rings (SSSR count). The minimum Gasteiger partial charge on any atom is -0.442 e. The summed E-state index contributed by atoms with van der Waals surface area (Å²) in [6.07, 6.45) is -4.54. The third-order valence-electron chi connectivity index (χ3n) is 3.48. The highest BCUT2D eigenvalue weighted by molar-refractivity contribution is 8.13. The van der Waals surface area contributed by atoms with Crippen LogP contribution in [0.2, 0.25) is 0 Å². The lowest BCUT2D eigenvalue weighted by molar-refractivity contribution is -0.138. The highest BCUT2D eigenvalue weighted by Crippen LogP contribution is 2.48. The average Bonchev–Trinajstić information content (AvgIpc) is 2.61. The van der Waals surface area contributed by atoms with E-state index in [1.165, 1.54) is 12.1 Å². The Balaban J connectivity index is 2.06. The van der Waals surface area contributed by atoms with Crippen LogP contribution < -0.4 is 9.92 Å². The predicted molar refractivity (Wildman–Crippen MR) is 94.9 cm³/mol. The maximum atomic E-state index is 13.4. The second-order valence-electron chi connectivity index (χ2n) is 5.31. The minimum atomic E-state index is -4.54. The summed E-state index contributed by atoms with van der Waals surface area (Å²) < 4.78 is 46.0. The van der Waals surface area contributed by atoms with Crippen LogP contribution in [-0.4, -0.2) is 0 Å². The lowest BCUT2D eigenvalue weighted by Gasteiger charge is -2.25. The molecule has 0 aromatic heterocycles. The van der Waals surface area contributed by atoms with Crippen LogP contribution in [-0.2, 0) is 6.18 Å². The predicted octanol–water partition coefficient (Wildman–Crippen LogP) is 5.70. The van der Waals surface area contributed by atoms with Crippen molar-refractivity contribution in [1.82, 2.24) is 0 Å². The number of anilines is 1. The first kappa shape index (κ1) is 17.2. The molecule has 6 heteroatoms. The molecule has 0 bridgehead atoms. The van der Waals surface area contributed by atoms with Gasteiger partial charge in [0.05, 0.1) is 0 Å². The van der Waals surface area contributed by atoms with Gasteiger partial charge in [0.25, 0.3) is 0 Å². The molecule has 0 atom stereocenters. The second kappa shape index (κ2) is 7.11. The number of hydrogen-bond acceptors (Lipinski definition) is 2. The van der Waals surface area contributed by atoms with Crippen molar-refractivity contribution in [2.24, 2.45) is 0 Å². The van der Waals surface area contributed by atoms with Crippen LogP contribution in [0, 0.1) is 0 Å². The minimum absolute atomic E-state index is 0.0448. The van der Waals surface area contributed by atoms with E-state index in [1.54, 1.807) is 0 Å². The van der Waals surface area contributed by atoms with Crippen molar-refractivity contribution in [2.45, 2.75) is 16.0 Å². The highest BCUT2D eigenvalue weighted by Gasteiger charge is 2.35. The van der Waals surface area contributed by atoms with Gasteiger partial charge in [-0.15, -0.1) is 0 Å². The number of hydrogen-bond donors (Lipinski definition) is 2. The average molecular weight is 363 g/mol. The number of halogens is 3. The number of thiol groups is 1. The molecule has 3 aromatic carbocycles. The van der Waals surface area contributed by atoms with E-state index in [0.29, 0.717) is 0 Å². The maximum Gasteiger partial charge on any atom is 0.420 e. The first-order chi connectivity index (χ1) is 11.9. The fraction of sp³-hybridized carbons (Fsp3) is 0.0526. The normalized spacial score (nSPS) is 11.9. The fourth-order valence-electron chi connectivity index (χ4n) is 2.33. The summed E-state index contributed by atoms with van der Waals surface area (Å²) in [5.41, 5.74) is 4.70. The van der Waals surface area contributed by atoms with Crippen LogP contribution in [0.3, 0.4) is 0 Å². The molecule has 0 aliphatic rings. The molecule has 0 aliphatic carbocycles. The maximum absolute atomic E-state index is 13.4. The second-order valence-corrected chi connectivity index (χ2v) is 7.11. The summed E-state index contributed by atoms with van der Waals surface area (Å²) in [5.74, 6) is -0.222. The number of nitrogen functional groups attached to an aromatic ring is 1. The van der Waals surface area contributed by atoms with Crippen molar-refractivity contribution >= 4 is 16.9 Å². The van der Waals surface area contributed by atoms with E-state index in [0.717, 1.165) is 15.9 Å². The lowest BCUT2D eigenvalue weighted by Crippen LogP contribution is -2.09. The molecule has 0 spiro atoms. The molecule has 0 saturated heterocycles. The van der Waals surface area contributed by atoms with Crippen molar-refractivity contribution in [3.8, 4) is 5.75 Å². The smallest absolute Gasteiger partial charge is 0.420 e. The Morgan fingerprint density at radius 1 is 0.760 bits per heavy atom. The lowest BCUT2D eigenvalue weighted by atomic mass is 10.2. The summed E-state index contributed by atoms with van der Waals surface area (Å²) in [4.78, 5) is 1.65. The fourth-order valence-corrected chi connectivity index (χ4v) is 4.08. The molecular weight excluding hydrogens is 347 g/mol. The molecule has 2 nitrogen and oxygen atoms in total. The largest absolute Gasteiger partial charge is 0.442 e. The van der Waals surface area contributed by atoms with Crippen LogP contribution in [0.1, 0.15) is 5.56 Å². The summed E-state index contributed by atoms with van der Waals surface area (Å²) in [7, 11) is 0. The van der Waals surface area contributed by atoms with Gasteiger partial charge in [0.15, 0.2) is 0 Å². The van der Waals surface area contributed by atoms with Gasteiger partial charge in [-0.25, -0.2) is 0 Å². The van der Waals surface area contributed by atoms with E-state index in [1.807, 2.05) is 60.7 Å². The van der Waals surface area contributed by atoms with Crippen LogP contribution in [0.25, 0.3) is 0 Å². The summed E-state index contributed by atoms with van der Waals surface area (Å²) >= 11 is -1.44. The molecule has 2 N–H and O–H groups in total. The zero-order valence-corrected chi connectivity index (χ0v) is 14.0. The Bertz CT molecular complexity index is 799. The zero-order valence-electron chi connectivity index (χ0n) is 13.1. The van der Waals surface area contributed by atoms with Crippen LogP contribution in [0.4, 0.5) is 18.9 Å². The van der Waals surface area contributed by atoms with Crippen LogP contribution in [0.15, 0.2) is 88.7 Å². The molecule has 0 radical (unpaired) electrons. The number of benzene rings is 3. The Morgan fingerprint density at radius 2 is 1.28 bits per heavy atom. The molecular formula is C19H16F3NOS. The first-order valence-electron chi connectivity index (χ1n) is 7.50. The van der Waals surface area contributed by atoms with Gasteiger partial charge in [0, 0.05) is 15.5 Å². The zero-order chi connectivity index (χ0) is 17.9. The van der Waals surface area contributed by atoms with Gasteiger partial charge < -0.3 is 9.92 Å². The molecule has 3 aromatic rings. The molecule has 130 valence electrons. The number of alkyl halides is 3. The van der Waals surface area contributed by atoms with E-state index in [4.69, 9.17) is 9.92 Å². The third-order valence-corrected chi connectivity index (χ3v) is 5.39. The quantitative estimate of drug-likeness (QED) is 0.461. The Kier molecular flexibility index (Phi) is 4.90. The van der Waals surface area contributed by atoms with Gasteiger partial charge in [-0.1, -0.05) is 36.4 Å². The van der Waals surface area contributed by atoms with Gasteiger partial charge in [0.1, 0.15) is 11.3 Å². The first-order valence-corrected chi connectivity index (χ1v) is 8.76. The molecule has 0 heterocycles. The molecule has 0 saturated carbocycles. The van der Waals surface area contributed by atoms with Gasteiger partial charge in [-0.3, -0.25) is 0 Å². The molecule has 0 unspecified atom stereocenters. The molecule has 0 fully saturated rings. The van der Waals surface area contributed by atoms with Crippen LogP contribution in [0.5, 0.6) is 5.75 Å². The topological polar surface area (TPSA) is 35.2 Å². The standard InChI is InChI=1S/C19H16F3NOS/c20-19(21,22)17-13-14(23)11-12-18(17)24-25(15-7-3-1-4-8-15)16-9-5-2-6-10-16/h1-13,25H,23H2. The van der Waals surface area contributed by atoms with E-state index in [9.17, 15) is 13.2 Å². The Hall–Kier alpha value is -2.60. The SMILES string of the molecule is Nc1ccc(O[SH](c2ccccc2)c2ccccc2)c(C(F)(F)F)c1. The van der Waals surface area contributed by atoms with E-state index in [2.05, 4.69) is 0 Å². The van der Waals surface area contributed by atoms with Crippen molar-refractivity contribution in [2.75, 3.05) is 5.73 Å². The van der Waals surface area contributed by atoms with Crippen molar-refractivity contribution < 1.29 is 17.4 Å². The van der Waals surface area contributed by atoms with Crippen LogP contribution >= 0.6 is 11.2 Å². The van der Waals surface area contributed by atoms with Gasteiger partial charge in [-0.05, 0) is 53.6 Å². The Morgan fingerprint density at radius 3 is 1.76 bits per heavy atom. The van der Waals surface area contributed by atoms with E-state index in [-0.39, 0.29) is 11.4 Å².